The van der Waals surface area contributed by atoms with Crippen molar-refractivity contribution in [2.24, 2.45) is 0 Å². The molecule has 2 aliphatic rings. The lowest BCUT2D eigenvalue weighted by Gasteiger charge is -2.41. The van der Waals surface area contributed by atoms with Crippen LogP contribution >= 0.6 is 11.3 Å². The van der Waals surface area contributed by atoms with Gasteiger partial charge in [0.2, 0.25) is 0 Å². The fraction of sp³-hybridized carbons (Fsp3) is 0.714. The summed E-state index contributed by atoms with van der Waals surface area (Å²) >= 11 is 1.89. The van der Waals surface area contributed by atoms with Crippen LogP contribution in [0.3, 0.4) is 0 Å². The molecule has 1 saturated heterocycles. The van der Waals surface area contributed by atoms with E-state index in [1.54, 1.807) is 0 Å². The van der Waals surface area contributed by atoms with Gasteiger partial charge >= 0.3 is 0 Å². The van der Waals surface area contributed by atoms with Gasteiger partial charge in [-0.1, -0.05) is 18.9 Å². The molecule has 0 amide bonds. The number of hydrogen-bond acceptors (Lipinski definition) is 3. The zero-order valence-corrected chi connectivity index (χ0v) is 11.3. The Kier molecular flexibility index (Phi) is 3.50. The largest absolute Gasteiger partial charge is 0.309 e. The van der Waals surface area contributed by atoms with Crippen LogP contribution < -0.4 is 5.32 Å². The second kappa shape index (κ2) is 5.09. The minimum Gasteiger partial charge on any atom is -0.309 e. The van der Waals surface area contributed by atoms with E-state index in [0.29, 0.717) is 5.54 Å². The van der Waals surface area contributed by atoms with Crippen molar-refractivity contribution in [3.8, 4) is 0 Å². The molecule has 1 aliphatic heterocycles. The van der Waals surface area contributed by atoms with Crippen LogP contribution in [0.1, 0.15) is 30.6 Å². The predicted molar refractivity (Wildman–Crippen MR) is 73.7 cm³/mol. The molecule has 2 nitrogen and oxygen atoms in total. The smallest absolute Gasteiger partial charge is 0.0309 e. The molecule has 0 unspecified atom stereocenters. The van der Waals surface area contributed by atoms with Crippen molar-refractivity contribution in [2.45, 2.75) is 37.6 Å². The second-order valence-electron chi connectivity index (χ2n) is 5.52. The summed E-state index contributed by atoms with van der Waals surface area (Å²) in [5, 5.41) is 5.96. The van der Waals surface area contributed by atoms with Crippen LogP contribution in [0.4, 0.5) is 0 Å². The highest BCUT2D eigenvalue weighted by atomic mass is 32.1. The van der Waals surface area contributed by atoms with Gasteiger partial charge in [0.25, 0.3) is 0 Å². The van der Waals surface area contributed by atoms with E-state index in [9.17, 15) is 0 Å². The number of thiophene rings is 1. The van der Waals surface area contributed by atoms with Gasteiger partial charge < -0.3 is 5.32 Å². The standard InChI is InChI=1S/C14H22N2S/c1-2-7-14(6-1)12-16(10-8-15-14)9-5-13-4-3-11-17-13/h3-4,11,15H,1-2,5-10,12H2. The fourth-order valence-corrected chi connectivity index (χ4v) is 4.04. The van der Waals surface area contributed by atoms with Gasteiger partial charge in [0.15, 0.2) is 0 Å². The Bertz CT molecular complexity index is 341. The van der Waals surface area contributed by atoms with Crippen LogP contribution in [0, 0.1) is 0 Å². The molecule has 2 heterocycles. The van der Waals surface area contributed by atoms with E-state index in [1.165, 1.54) is 63.2 Å². The SMILES string of the molecule is c1csc(CCN2CCNC3(CCCC3)C2)c1. The Morgan fingerprint density at radius 3 is 3.00 bits per heavy atom. The third-order valence-electron chi connectivity index (χ3n) is 4.27. The summed E-state index contributed by atoms with van der Waals surface area (Å²) in [7, 11) is 0. The van der Waals surface area contributed by atoms with Gasteiger partial charge in [-0.15, -0.1) is 11.3 Å². The molecule has 2 fully saturated rings. The van der Waals surface area contributed by atoms with Gasteiger partial charge in [0, 0.05) is 36.6 Å². The Morgan fingerprint density at radius 1 is 1.35 bits per heavy atom. The molecule has 1 saturated carbocycles. The highest BCUT2D eigenvalue weighted by molar-refractivity contribution is 7.09. The molecule has 0 atom stereocenters. The number of piperazine rings is 1. The van der Waals surface area contributed by atoms with E-state index in [1.807, 2.05) is 11.3 Å². The number of hydrogen-bond donors (Lipinski definition) is 1. The molecule has 1 spiro atoms. The van der Waals surface area contributed by atoms with E-state index in [-0.39, 0.29) is 0 Å². The van der Waals surface area contributed by atoms with E-state index in [0.717, 1.165) is 0 Å². The molecule has 3 heteroatoms. The monoisotopic (exact) mass is 250 g/mol. The highest BCUT2D eigenvalue weighted by Gasteiger charge is 2.37. The molecule has 17 heavy (non-hydrogen) atoms. The summed E-state index contributed by atoms with van der Waals surface area (Å²) in [6, 6.07) is 4.43. The first-order valence-corrected chi connectivity index (χ1v) is 7.74. The Labute approximate surface area is 108 Å². The summed E-state index contributed by atoms with van der Waals surface area (Å²) in [5.41, 5.74) is 0.480. The van der Waals surface area contributed by atoms with Gasteiger partial charge in [-0.3, -0.25) is 4.90 Å². The number of nitrogens with zero attached hydrogens (tertiary/aromatic N) is 1. The van der Waals surface area contributed by atoms with Crippen LogP contribution in [0.15, 0.2) is 17.5 Å². The first-order valence-electron chi connectivity index (χ1n) is 6.86. The van der Waals surface area contributed by atoms with Crippen LogP contribution in [-0.2, 0) is 6.42 Å². The van der Waals surface area contributed by atoms with Gasteiger partial charge in [-0.25, -0.2) is 0 Å². The third kappa shape index (κ3) is 2.72. The van der Waals surface area contributed by atoms with Crippen molar-refractivity contribution in [1.82, 2.24) is 10.2 Å². The maximum absolute atomic E-state index is 3.78. The molecular weight excluding hydrogens is 228 g/mol. The fourth-order valence-electron chi connectivity index (χ4n) is 3.34. The van der Waals surface area contributed by atoms with Gasteiger partial charge in [-0.2, -0.15) is 0 Å². The maximum atomic E-state index is 3.78. The Hall–Kier alpha value is -0.380. The molecule has 1 aromatic heterocycles. The zero-order chi connectivity index (χ0) is 11.6. The maximum Gasteiger partial charge on any atom is 0.0309 e. The first kappa shape index (κ1) is 11.7. The van der Waals surface area contributed by atoms with E-state index < -0.39 is 0 Å². The van der Waals surface area contributed by atoms with Crippen LogP contribution in [-0.4, -0.2) is 36.6 Å². The van der Waals surface area contributed by atoms with Crippen molar-refractivity contribution in [3.05, 3.63) is 22.4 Å². The van der Waals surface area contributed by atoms with Gasteiger partial charge in [0.05, 0.1) is 0 Å². The van der Waals surface area contributed by atoms with Crippen molar-refractivity contribution in [2.75, 3.05) is 26.2 Å². The molecule has 1 N–H and O–H groups in total. The Balaban J connectivity index is 1.53. The van der Waals surface area contributed by atoms with Gasteiger partial charge in [-0.05, 0) is 30.7 Å². The molecule has 3 rings (SSSR count). The van der Waals surface area contributed by atoms with E-state index in [4.69, 9.17) is 0 Å². The minimum atomic E-state index is 0.480. The molecule has 1 aliphatic carbocycles. The van der Waals surface area contributed by atoms with Crippen LogP contribution in [0.5, 0.6) is 0 Å². The molecule has 0 bridgehead atoms. The molecule has 1 aromatic rings. The lowest BCUT2D eigenvalue weighted by atomic mass is 9.94. The quantitative estimate of drug-likeness (QED) is 0.887. The zero-order valence-electron chi connectivity index (χ0n) is 10.5. The molecule has 94 valence electrons. The van der Waals surface area contributed by atoms with Crippen molar-refractivity contribution in [1.29, 1.82) is 0 Å². The van der Waals surface area contributed by atoms with Crippen molar-refractivity contribution < 1.29 is 0 Å². The lowest BCUT2D eigenvalue weighted by molar-refractivity contribution is 0.136. The van der Waals surface area contributed by atoms with Crippen molar-refractivity contribution >= 4 is 11.3 Å². The van der Waals surface area contributed by atoms with E-state index >= 15 is 0 Å². The predicted octanol–water partition coefficient (Wildman–Crippen LogP) is 2.51. The molecule has 0 aromatic carbocycles. The molecule has 0 radical (unpaired) electrons. The number of nitrogens with one attached hydrogen (secondary N) is 1. The lowest BCUT2D eigenvalue weighted by Crippen LogP contribution is -2.59. The highest BCUT2D eigenvalue weighted by Crippen LogP contribution is 2.31. The second-order valence-corrected chi connectivity index (χ2v) is 6.55. The van der Waals surface area contributed by atoms with Crippen LogP contribution in [0.25, 0.3) is 0 Å². The molecular formula is C14H22N2S. The minimum absolute atomic E-state index is 0.480. The summed E-state index contributed by atoms with van der Waals surface area (Å²) in [4.78, 5) is 4.20. The van der Waals surface area contributed by atoms with Crippen molar-refractivity contribution in [3.63, 3.8) is 0 Å². The number of rotatable bonds is 3. The van der Waals surface area contributed by atoms with E-state index in [2.05, 4.69) is 27.7 Å². The topological polar surface area (TPSA) is 15.3 Å². The Morgan fingerprint density at radius 2 is 2.24 bits per heavy atom. The van der Waals surface area contributed by atoms with Gasteiger partial charge in [0.1, 0.15) is 0 Å². The van der Waals surface area contributed by atoms with Crippen LogP contribution in [0.2, 0.25) is 0 Å². The average molecular weight is 250 g/mol. The summed E-state index contributed by atoms with van der Waals surface area (Å²) in [6.45, 7) is 4.93. The first-order chi connectivity index (χ1) is 8.36. The summed E-state index contributed by atoms with van der Waals surface area (Å²) in [5.74, 6) is 0. The average Bonchev–Trinajstić information content (AvgIpc) is 2.99. The summed E-state index contributed by atoms with van der Waals surface area (Å²) < 4.78 is 0. The summed E-state index contributed by atoms with van der Waals surface area (Å²) in [6.07, 6.45) is 6.86. The normalized spacial score (nSPS) is 24.5. The third-order valence-corrected chi connectivity index (χ3v) is 5.21.